The molecule has 0 unspecified atom stereocenters. The summed E-state index contributed by atoms with van der Waals surface area (Å²) in [6, 6.07) is 2.53. The number of halogens is 2. The molecule has 1 aromatic rings. The second-order valence-corrected chi connectivity index (χ2v) is 19.4. The van der Waals surface area contributed by atoms with E-state index in [-0.39, 0.29) is 23.4 Å². The molecular formula is C24H35BrFN3O5SSi. The van der Waals surface area contributed by atoms with E-state index in [9.17, 15) is 9.59 Å². The van der Waals surface area contributed by atoms with Gasteiger partial charge in [0.1, 0.15) is 17.1 Å². The zero-order chi connectivity index (χ0) is 27.1. The van der Waals surface area contributed by atoms with Crippen molar-refractivity contribution < 1.29 is 28.2 Å². The first-order chi connectivity index (χ1) is 16.5. The van der Waals surface area contributed by atoms with Gasteiger partial charge in [0.15, 0.2) is 5.17 Å². The van der Waals surface area contributed by atoms with Gasteiger partial charge in [-0.3, -0.25) is 9.79 Å². The van der Waals surface area contributed by atoms with Gasteiger partial charge >= 0.3 is 12.1 Å². The molecule has 1 fully saturated rings. The molecule has 1 amide bonds. The van der Waals surface area contributed by atoms with Crippen molar-refractivity contribution in [2.45, 2.75) is 75.7 Å². The van der Waals surface area contributed by atoms with Crippen LogP contribution in [0, 0.1) is 11.9 Å². The summed E-state index contributed by atoms with van der Waals surface area (Å²) in [6.07, 6.45) is 1.12. The molecule has 0 radical (unpaired) electrons. The van der Waals surface area contributed by atoms with Crippen molar-refractivity contribution in [1.82, 2.24) is 9.88 Å². The number of hydrogen-bond donors (Lipinski definition) is 0. The van der Waals surface area contributed by atoms with Crippen molar-refractivity contribution >= 4 is 53.0 Å². The second kappa shape index (κ2) is 10.3. The van der Waals surface area contributed by atoms with Crippen LogP contribution in [0.25, 0.3) is 0 Å². The van der Waals surface area contributed by atoms with Crippen molar-refractivity contribution in [1.29, 1.82) is 0 Å². The van der Waals surface area contributed by atoms with Gasteiger partial charge < -0.3 is 14.2 Å². The van der Waals surface area contributed by atoms with Gasteiger partial charge in [-0.05, 0) is 62.2 Å². The highest BCUT2D eigenvalue weighted by molar-refractivity contribution is 9.10. The molecule has 36 heavy (non-hydrogen) atoms. The average Bonchev–Trinajstić information content (AvgIpc) is 3.49. The van der Waals surface area contributed by atoms with E-state index in [0.29, 0.717) is 17.5 Å². The second-order valence-electron chi connectivity index (χ2n) is 11.5. The maximum absolute atomic E-state index is 15.0. The zero-order valence-electron chi connectivity index (χ0n) is 22.1. The normalized spacial score (nSPS) is 25.5. The lowest BCUT2D eigenvalue weighted by molar-refractivity contribution is -0.141. The summed E-state index contributed by atoms with van der Waals surface area (Å²) in [5.41, 5.74) is -1.71. The van der Waals surface area contributed by atoms with Crippen LogP contribution in [0.5, 0.6) is 0 Å². The fourth-order valence-electron chi connectivity index (χ4n) is 4.09. The number of nitrogens with zero attached hydrogens (tertiary/aromatic N) is 3. The summed E-state index contributed by atoms with van der Waals surface area (Å²) in [5.74, 6) is -1.47. The van der Waals surface area contributed by atoms with Gasteiger partial charge in [-0.25, -0.2) is 14.7 Å². The van der Waals surface area contributed by atoms with Crippen molar-refractivity contribution in [3.63, 3.8) is 0 Å². The predicted octanol–water partition coefficient (Wildman–Crippen LogP) is 5.78. The minimum absolute atomic E-state index is 0.109. The van der Waals surface area contributed by atoms with Gasteiger partial charge in [-0.1, -0.05) is 31.4 Å². The van der Waals surface area contributed by atoms with Crippen LogP contribution in [-0.2, 0) is 24.5 Å². The van der Waals surface area contributed by atoms with Crippen LogP contribution in [0.3, 0.4) is 0 Å². The summed E-state index contributed by atoms with van der Waals surface area (Å²) >= 11 is 4.51. The molecule has 8 nitrogen and oxygen atoms in total. The van der Waals surface area contributed by atoms with E-state index in [1.165, 1.54) is 18.2 Å². The largest absolute Gasteiger partial charge is 0.468 e. The standard InChI is InChI=1S/C24H35BrFN3O5SSi/c1-22(2,3)34-21(31)29(14-33-9-10-36(6,7)8)20-28-23(4,16-11-15(25)13-27-18(16)26)17-12-24(17,35-20)19(30)32-5/h11,13,17H,9-10,12,14H2,1-8H3/t17-,23+,24-/m0/s1. The van der Waals surface area contributed by atoms with Crippen LogP contribution in [0.2, 0.25) is 25.7 Å². The summed E-state index contributed by atoms with van der Waals surface area (Å²) < 4.78 is 31.3. The van der Waals surface area contributed by atoms with Crippen molar-refractivity contribution in [2.75, 3.05) is 20.4 Å². The van der Waals surface area contributed by atoms with E-state index >= 15 is 4.39 Å². The topological polar surface area (TPSA) is 90.3 Å². The van der Waals surface area contributed by atoms with Gasteiger partial charge in [-0.15, -0.1) is 0 Å². The van der Waals surface area contributed by atoms with Crippen LogP contribution in [0.1, 0.15) is 39.7 Å². The quantitative estimate of drug-likeness (QED) is 0.128. The van der Waals surface area contributed by atoms with Gasteiger partial charge in [0.2, 0.25) is 5.95 Å². The lowest BCUT2D eigenvalue weighted by Crippen LogP contribution is -2.47. The first-order valence-corrected chi connectivity index (χ1v) is 17.1. The fraction of sp³-hybridized carbons (Fsp3) is 0.667. The third-order valence-corrected chi connectivity index (χ3v) is 9.75. The Labute approximate surface area is 225 Å². The molecule has 200 valence electrons. The lowest BCUT2D eigenvalue weighted by Gasteiger charge is -2.37. The number of amides is 1. The molecule has 3 atom stereocenters. The number of aliphatic imine (C=N–C) groups is 1. The number of esters is 1. The molecule has 3 rings (SSSR count). The highest BCUT2D eigenvalue weighted by Gasteiger charge is 2.72. The molecule has 1 saturated carbocycles. The Balaban J connectivity index is 2.05. The number of fused-ring (bicyclic) bond motifs is 1. The number of methoxy groups -OCH3 is 1. The summed E-state index contributed by atoms with van der Waals surface area (Å²) in [4.78, 5) is 36.3. The van der Waals surface area contributed by atoms with E-state index in [1.807, 2.05) is 0 Å². The Morgan fingerprint density at radius 1 is 1.33 bits per heavy atom. The van der Waals surface area contributed by atoms with Crippen LogP contribution < -0.4 is 0 Å². The fourth-order valence-corrected chi connectivity index (χ4v) is 6.77. The average molecular weight is 605 g/mol. The van der Waals surface area contributed by atoms with Crippen molar-refractivity contribution in [3.8, 4) is 0 Å². The molecule has 1 aliphatic heterocycles. The van der Waals surface area contributed by atoms with E-state index in [0.717, 1.165) is 17.8 Å². The maximum Gasteiger partial charge on any atom is 0.418 e. The Hall–Kier alpha value is -1.50. The van der Waals surface area contributed by atoms with Crippen molar-refractivity contribution in [3.05, 3.63) is 28.2 Å². The minimum Gasteiger partial charge on any atom is -0.468 e. The van der Waals surface area contributed by atoms with E-state index in [1.54, 1.807) is 33.8 Å². The monoisotopic (exact) mass is 603 g/mol. The molecule has 0 N–H and O–H groups in total. The first-order valence-electron chi connectivity index (χ1n) is 11.8. The third-order valence-electron chi connectivity index (χ3n) is 6.13. The Kier molecular flexibility index (Phi) is 8.34. The number of pyridine rings is 1. The van der Waals surface area contributed by atoms with Gasteiger partial charge in [0.25, 0.3) is 0 Å². The molecule has 1 aliphatic carbocycles. The molecule has 0 spiro atoms. The van der Waals surface area contributed by atoms with E-state index < -0.39 is 42.0 Å². The van der Waals surface area contributed by atoms with Gasteiger partial charge in [-0.2, -0.15) is 4.39 Å². The number of rotatable bonds is 7. The lowest BCUT2D eigenvalue weighted by atomic mass is 9.87. The molecule has 12 heteroatoms. The van der Waals surface area contributed by atoms with E-state index in [2.05, 4.69) is 40.6 Å². The first kappa shape index (κ1) is 29.1. The number of carbonyl (C=O) groups is 2. The van der Waals surface area contributed by atoms with Crippen LogP contribution >= 0.6 is 27.7 Å². The SMILES string of the molecule is COC(=O)[C@]12C[C@H]1[C@@](C)(c1cc(Br)cnc1F)N=C(N(COCC[Si](C)(C)C)C(=O)OC(C)(C)C)S2. The molecule has 2 aliphatic rings. The number of thioether (sulfide) groups is 1. The highest BCUT2D eigenvalue weighted by atomic mass is 79.9. The molecule has 0 aromatic carbocycles. The Bertz CT molecular complexity index is 1060. The number of ether oxygens (including phenoxy) is 3. The number of aromatic nitrogens is 1. The predicted molar refractivity (Wildman–Crippen MR) is 144 cm³/mol. The highest BCUT2D eigenvalue weighted by Crippen LogP contribution is 2.67. The smallest absolute Gasteiger partial charge is 0.418 e. The summed E-state index contributed by atoms with van der Waals surface area (Å²) in [7, 11) is -0.0370. The maximum atomic E-state index is 15.0. The number of hydrogen-bond acceptors (Lipinski definition) is 8. The molecular weight excluding hydrogens is 569 g/mol. The third kappa shape index (κ3) is 6.31. The molecule has 1 aromatic heterocycles. The number of carbonyl (C=O) groups excluding carboxylic acids is 2. The Morgan fingerprint density at radius 3 is 2.58 bits per heavy atom. The summed E-state index contributed by atoms with van der Waals surface area (Å²) in [6.45, 7) is 14.1. The molecule has 0 saturated heterocycles. The van der Waals surface area contributed by atoms with Crippen LogP contribution in [0.4, 0.5) is 9.18 Å². The summed E-state index contributed by atoms with van der Waals surface area (Å²) in [5, 5.41) is 0.221. The molecule has 0 bridgehead atoms. The number of amidine groups is 1. The van der Waals surface area contributed by atoms with E-state index in [4.69, 9.17) is 19.2 Å². The van der Waals surface area contributed by atoms with Crippen molar-refractivity contribution in [2.24, 2.45) is 10.9 Å². The van der Waals surface area contributed by atoms with Gasteiger partial charge in [0, 0.05) is 36.8 Å². The molecule has 2 heterocycles. The van der Waals surface area contributed by atoms with Gasteiger partial charge in [0.05, 0.1) is 12.6 Å². The van der Waals surface area contributed by atoms with Crippen LogP contribution in [-0.4, -0.2) is 66.0 Å². The minimum atomic E-state index is -1.36. The zero-order valence-corrected chi connectivity index (χ0v) is 25.5. The Morgan fingerprint density at radius 2 is 2.00 bits per heavy atom. The van der Waals surface area contributed by atoms with Crippen LogP contribution in [0.15, 0.2) is 21.7 Å².